The first-order chi connectivity index (χ1) is 16.8. The number of rotatable bonds is 5. The Kier molecular flexibility index (Phi) is 5.70. The number of sulfonamides is 1. The molecule has 0 aliphatic heterocycles. The van der Waals surface area contributed by atoms with Gasteiger partial charge in [-0.2, -0.15) is 0 Å². The number of nitrogens with zero attached hydrogens (tertiary/aromatic N) is 2. The summed E-state index contributed by atoms with van der Waals surface area (Å²) in [5, 5.41) is 0.773. The Bertz CT molecular complexity index is 1690. The normalized spacial score (nSPS) is 11.5. The van der Waals surface area contributed by atoms with Crippen LogP contribution in [0.15, 0.2) is 96.3 Å². The van der Waals surface area contributed by atoms with Gasteiger partial charge in [-0.3, -0.25) is 14.7 Å². The molecule has 0 saturated heterocycles. The summed E-state index contributed by atoms with van der Waals surface area (Å²) in [4.78, 5) is 7.80. The van der Waals surface area contributed by atoms with Gasteiger partial charge in [-0.1, -0.05) is 18.2 Å². The molecule has 0 amide bonds. The van der Waals surface area contributed by atoms with E-state index in [0.29, 0.717) is 28.3 Å². The average molecular weight is 491 g/mol. The molecule has 0 unspecified atom stereocenters. The first kappa shape index (κ1) is 22.5. The van der Waals surface area contributed by atoms with Gasteiger partial charge in [-0.05, 0) is 65.2 Å². The average Bonchev–Trinajstić information content (AvgIpc) is 2.83. The van der Waals surface area contributed by atoms with Crippen LogP contribution in [-0.4, -0.2) is 18.4 Å². The third-order valence-corrected chi connectivity index (χ3v) is 6.80. The van der Waals surface area contributed by atoms with Crippen LogP contribution >= 0.6 is 0 Å². The minimum absolute atomic E-state index is 0.0999. The van der Waals surface area contributed by atoms with Gasteiger partial charge in [0.15, 0.2) is 0 Å². The highest BCUT2D eigenvalue weighted by Gasteiger charge is 2.20. The van der Waals surface area contributed by atoms with E-state index < -0.39 is 26.6 Å². The second-order valence-electron chi connectivity index (χ2n) is 7.74. The fourth-order valence-electron chi connectivity index (χ4n) is 3.79. The van der Waals surface area contributed by atoms with Gasteiger partial charge in [-0.25, -0.2) is 21.6 Å². The van der Waals surface area contributed by atoms with Crippen molar-refractivity contribution in [2.45, 2.75) is 4.90 Å². The predicted octanol–water partition coefficient (Wildman–Crippen LogP) is 6.18. The lowest BCUT2D eigenvalue weighted by Gasteiger charge is -2.11. The number of nitrogens with one attached hydrogen (secondary N) is 1. The maximum Gasteiger partial charge on any atom is 0.264 e. The molecule has 3 aromatic carbocycles. The molecule has 0 aliphatic carbocycles. The number of pyridine rings is 2. The van der Waals surface area contributed by atoms with Crippen molar-refractivity contribution in [3.05, 3.63) is 109 Å². The molecule has 1 N–H and O–H groups in total. The largest absolute Gasteiger partial charge is 0.278 e. The monoisotopic (exact) mass is 491 g/mol. The van der Waals surface area contributed by atoms with E-state index in [1.54, 1.807) is 48.8 Å². The number of hydrogen-bond acceptors (Lipinski definition) is 4. The van der Waals surface area contributed by atoms with Crippen molar-refractivity contribution in [2.75, 3.05) is 4.72 Å². The summed E-state index contributed by atoms with van der Waals surface area (Å²) in [7, 11) is -4.32. The van der Waals surface area contributed by atoms with Crippen molar-refractivity contribution >= 4 is 26.6 Å². The van der Waals surface area contributed by atoms with Gasteiger partial charge >= 0.3 is 0 Å². The van der Waals surface area contributed by atoms with Crippen LogP contribution in [0.3, 0.4) is 0 Å². The van der Waals surface area contributed by atoms with Crippen LogP contribution in [0.4, 0.5) is 18.9 Å². The minimum Gasteiger partial charge on any atom is -0.278 e. The molecule has 9 heteroatoms. The van der Waals surface area contributed by atoms with E-state index in [4.69, 9.17) is 0 Å². The highest BCUT2D eigenvalue weighted by molar-refractivity contribution is 7.92. The van der Waals surface area contributed by atoms with Crippen molar-refractivity contribution in [1.29, 1.82) is 0 Å². The highest BCUT2D eigenvalue weighted by Crippen LogP contribution is 2.32. The molecule has 0 fully saturated rings. The summed E-state index contributed by atoms with van der Waals surface area (Å²) in [6, 6.07) is 17.3. The zero-order chi connectivity index (χ0) is 24.6. The van der Waals surface area contributed by atoms with E-state index in [1.807, 2.05) is 6.07 Å². The van der Waals surface area contributed by atoms with Crippen molar-refractivity contribution in [3.63, 3.8) is 0 Å². The topological polar surface area (TPSA) is 72.0 Å². The van der Waals surface area contributed by atoms with E-state index >= 15 is 0 Å². The number of halogens is 3. The summed E-state index contributed by atoms with van der Waals surface area (Å²) in [5.74, 6) is -2.44. The quantitative estimate of drug-likeness (QED) is 0.319. The van der Waals surface area contributed by atoms with E-state index in [2.05, 4.69) is 14.7 Å². The fraction of sp³-hybridized carbons (Fsp3) is 0. The molecule has 0 saturated carbocycles. The molecule has 2 heterocycles. The van der Waals surface area contributed by atoms with Crippen molar-refractivity contribution in [2.24, 2.45) is 0 Å². The number of aromatic nitrogens is 2. The second kappa shape index (κ2) is 8.84. The van der Waals surface area contributed by atoms with E-state index in [9.17, 15) is 21.6 Å². The molecule has 0 bridgehead atoms. The van der Waals surface area contributed by atoms with Crippen molar-refractivity contribution in [1.82, 2.24) is 9.97 Å². The van der Waals surface area contributed by atoms with Crippen molar-refractivity contribution in [3.8, 4) is 22.3 Å². The second-order valence-corrected chi connectivity index (χ2v) is 9.39. The van der Waals surface area contributed by atoms with Crippen LogP contribution < -0.4 is 4.72 Å². The van der Waals surface area contributed by atoms with E-state index in [0.717, 1.165) is 23.1 Å². The lowest BCUT2D eigenvalue weighted by atomic mass is 9.98. The predicted molar refractivity (Wildman–Crippen MR) is 128 cm³/mol. The van der Waals surface area contributed by atoms with Gasteiger partial charge in [0.1, 0.15) is 22.3 Å². The van der Waals surface area contributed by atoms with Crippen molar-refractivity contribution < 1.29 is 21.6 Å². The van der Waals surface area contributed by atoms with Gasteiger partial charge in [0.25, 0.3) is 10.0 Å². The lowest BCUT2D eigenvalue weighted by molar-refractivity contribution is 0.551. The van der Waals surface area contributed by atoms with Gasteiger partial charge in [0.2, 0.25) is 0 Å². The Morgan fingerprint density at radius 2 is 1.57 bits per heavy atom. The molecule has 0 spiro atoms. The number of hydrogen-bond donors (Lipinski definition) is 1. The van der Waals surface area contributed by atoms with Crippen LogP contribution in [0, 0.1) is 17.5 Å². The maximum atomic E-state index is 14.0. The Morgan fingerprint density at radius 3 is 2.37 bits per heavy atom. The standard InChI is InChI=1S/C26H16F3N3O2S/c27-19-3-1-2-17(10-19)22-8-9-31-25-6-4-16(12-23(22)25)18-11-21(15-30-14-18)32-35(33,34)26-7-5-20(28)13-24(26)29/h1-15,32H. The van der Waals surface area contributed by atoms with Gasteiger partial charge < -0.3 is 0 Å². The van der Waals surface area contributed by atoms with Crippen LogP contribution in [0.5, 0.6) is 0 Å². The molecular formula is C26H16F3N3O2S. The van der Waals surface area contributed by atoms with Crippen LogP contribution in [0.25, 0.3) is 33.2 Å². The summed E-state index contributed by atoms with van der Waals surface area (Å²) in [6.07, 6.45) is 4.48. The van der Waals surface area contributed by atoms with E-state index in [-0.39, 0.29) is 11.5 Å². The van der Waals surface area contributed by atoms with Crippen LogP contribution in [0.2, 0.25) is 0 Å². The zero-order valence-electron chi connectivity index (χ0n) is 17.9. The third-order valence-electron chi connectivity index (χ3n) is 5.38. The maximum absolute atomic E-state index is 14.0. The molecule has 5 nitrogen and oxygen atoms in total. The lowest BCUT2D eigenvalue weighted by Crippen LogP contribution is -2.15. The highest BCUT2D eigenvalue weighted by atomic mass is 32.2. The summed E-state index contributed by atoms with van der Waals surface area (Å²) >= 11 is 0. The molecule has 0 atom stereocenters. The first-order valence-corrected chi connectivity index (χ1v) is 11.9. The Balaban J connectivity index is 1.53. The molecule has 35 heavy (non-hydrogen) atoms. The minimum atomic E-state index is -4.32. The molecule has 2 aromatic heterocycles. The third kappa shape index (κ3) is 4.58. The number of fused-ring (bicyclic) bond motifs is 1. The molecule has 0 aliphatic rings. The smallest absolute Gasteiger partial charge is 0.264 e. The number of anilines is 1. The number of benzene rings is 3. The first-order valence-electron chi connectivity index (χ1n) is 10.4. The Labute approximate surface area is 199 Å². The molecule has 174 valence electrons. The van der Waals surface area contributed by atoms with E-state index in [1.165, 1.54) is 18.3 Å². The molecule has 5 rings (SSSR count). The van der Waals surface area contributed by atoms with Crippen LogP contribution in [0.1, 0.15) is 0 Å². The Morgan fingerprint density at radius 1 is 0.743 bits per heavy atom. The van der Waals surface area contributed by atoms with Gasteiger partial charge in [0, 0.05) is 29.4 Å². The summed E-state index contributed by atoms with van der Waals surface area (Å²) in [5.41, 5.74) is 3.57. The Hall–Kier alpha value is -4.24. The molecular weight excluding hydrogens is 475 g/mol. The summed E-state index contributed by atoms with van der Waals surface area (Å²) < 4.78 is 68.6. The molecule has 5 aromatic rings. The zero-order valence-corrected chi connectivity index (χ0v) is 18.7. The SMILES string of the molecule is O=S(=O)(Nc1cncc(-c2ccc3nccc(-c4cccc(F)c4)c3c2)c1)c1ccc(F)cc1F. The molecule has 0 radical (unpaired) electrons. The fourth-order valence-corrected chi connectivity index (χ4v) is 4.89. The van der Waals surface area contributed by atoms with Crippen LogP contribution in [-0.2, 0) is 10.0 Å². The van der Waals surface area contributed by atoms with Gasteiger partial charge in [0.05, 0.1) is 17.4 Å². The summed E-state index contributed by atoms with van der Waals surface area (Å²) in [6.45, 7) is 0. The van der Waals surface area contributed by atoms with Gasteiger partial charge in [-0.15, -0.1) is 0 Å².